The largest absolute Gasteiger partial charge is 0.506 e. The summed E-state index contributed by atoms with van der Waals surface area (Å²) in [5.41, 5.74) is 7.31. The summed E-state index contributed by atoms with van der Waals surface area (Å²) in [6.45, 7) is 0.390. The van der Waals surface area contributed by atoms with Gasteiger partial charge in [0.1, 0.15) is 5.75 Å². The lowest BCUT2D eigenvalue weighted by atomic mass is 10.1. The minimum Gasteiger partial charge on any atom is -0.506 e. The van der Waals surface area contributed by atoms with E-state index >= 15 is 0 Å². The van der Waals surface area contributed by atoms with E-state index in [0.717, 1.165) is 5.69 Å². The van der Waals surface area contributed by atoms with Gasteiger partial charge in [-0.3, -0.25) is 9.78 Å². The topological polar surface area (TPSA) is 88.2 Å². The van der Waals surface area contributed by atoms with Crippen LogP contribution in [0.1, 0.15) is 11.3 Å². The number of rotatable bonds is 4. The van der Waals surface area contributed by atoms with E-state index in [2.05, 4.69) is 10.3 Å². The number of hydrogen-bond donors (Lipinski definition) is 3. The average molecular weight is 257 g/mol. The highest BCUT2D eigenvalue weighted by Crippen LogP contribution is 2.20. The number of nitrogens with two attached hydrogens (primary N) is 1. The fraction of sp³-hybridized carbons (Fsp3) is 0.143. The maximum atomic E-state index is 11.7. The third kappa shape index (κ3) is 3.70. The molecule has 19 heavy (non-hydrogen) atoms. The second-order valence-corrected chi connectivity index (χ2v) is 4.17. The van der Waals surface area contributed by atoms with Crippen LogP contribution in [0.2, 0.25) is 0 Å². The molecule has 0 bridgehead atoms. The van der Waals surface area contributed by atoms with Gasteiger partial charge in [-0.2, -0.15) is 0 Å². The Labute approximate surface area is 111 Å². The highest BCUT2D eigenvalue weighted by molar-refractivity contribution is 5.78. The number of phenols is 1. The van der Waals surface area contributed by atoms with Crippen molar-refractivity contribution < 1.29 is 9.90 Å². The van der Waals surface area contributed by atoms with Crippen LogP contribution in [0.25, 0.3) is 0 Å². The Morgan fingerprint density at radius 2 is 2.16 bits per heavy atom. The first kappa shape index (κ1) is 12.9. The number of carbonyl (C=O) groups excluding carboxylic acids is 1. The van der Waals surface area contributed by atoms with E-state index in [9.17, 15) is 9.90 Å². The minimum absolute atomic E-state index is 0.00461. The van der Waals surface area contributed by atoms with Crippen molar-refractivity contribution in [3.63, 3.8) is 0 Å². The molecule has 0 unspecified atom stereocenters. The van der Waals surface area contributed by atoms with E-state index < -0.39 is 0 Å². The number of anilines is 1. The molecule has 0 saturated heterocycles. The molecule has 5 heteroatoms. The Hall–Kier alpha value is -2.56. The molecule has 5 nitrogen and oxygen atoms in total. The van der Waals surface area contributed by atoms with E-state index in [0.29, 0.717) is 17.8 Å². The van der Waals surface area contributed by atoms with Crippen molar-refractivity contribution in [2.75, 3.05) is 5.73 Å². The van der Waals surface area contributed by atoms with Gasteiger partial charge in [-0.05, 0) is 29.8 Å². The lowest BCUT2D eigenvalue weighted by Gasteiger charge is -2.06. The number of nitrogen functional groups attached to an aromatic ring is 1. The monoisotopic (exact) mass is 257 g/mol. The fourth-order valence-electron chi connectivity index (χ4n) is 1.64. The van der Waals surface area contributed by atoms with Crippen LogP contribution in [-0.2, 0) is 17.8 Å². The second kappa shape index (κ2) is 5.86. The van der Waals surface area contributed by atoms with Crippen LogP contribution < -0.4 is 11.1 Å². The SMILES string of the molecule is Nc1ccc(CC(=O)NCc2ccccn2)cc1O. The molecule has 1 amide bonds. The number of benzene rings is 1. The molecular formula is C14H15N3O2. The summed E-state index contributed by atoms with van der Waals surface area (Å²) < 4.78 is 0. The first-order valence-electron chi connectivity index (χ1n) is 5.89. The summed E-state index contributed by atoms with van der Waals surface area (Å²) in [7, 11) is 0. The minimum atomic E-state index is -0.130. The predicted molar refractivity (Wildman–Crippen MR) is 72.3 cm³/mol. The van der Waals surface area contributed by atoms with Gasteiger partial charge in [0.2, 0.25) is 5.91 Å². The van der Waals surface area contributed by atoms with Crippen LogP contribution in [0.3, 0.4) is 0 Å². The molecule has 0 atom stereocenters. The third-order valence-electron chi connectivity index (χ3n) is 2.65. The maximum Gasteiger partial charge on any atom is 0.224 e. The van der Waals surface area contributed by atoms with Crippen molar-refractivity contribution in [3.8, 4) is 5.75 Å². The average Bonchev–Trinajstić information content (AvgIpc) is 2.42. The molecule has 0 radical (unpaired) electrons. The number of nitrogens with zero attached hydrogens (tertiary/aromatic N) is 1. The van der Waals surface area contributed by atoms with Crippen LogP contribution in [-0.4, -0.2) is 16.0 Å². The van der Waals surface area contributed by atoms with Gasteiger partial charge in [-0.25, -0.2) is 0 Å². The number of aromatic nitrogens is 1. The predicted octanol–water partition coefficient (Wildman–Crippen LogP) is 1.23. The smallest absolute Gasteiger partial charge is 0.224 e. The Bertz CT molecular complexity index is 570. The highest BCUT2D eigenvalue weighted by atomic mass is 16.3. The van der Waals surface area contributed by atoms with Crippen LogP contribution in [0.5, 0.6) is 5.75 Å². The number of amides is 1. The van der Waals surface area contributed by atoms with E-state index in [-0.39, 0.29) is 18.1 Å². The molecule has 0 spiro atoms. The molecule has 4 N–H and O–H groups in total. The molecule has 1 aromatic heterocycles. The number of carbonyl (C=O) groups is 1. The Morgan fingerprint density at radius 3 is 2.84 bits per heavy atom. The molecule has 1 aromatic carbocycles. The van der Waals surface area contributed by atoms with Gasteiger partial charge in [0.15, 0.2) is 0 Å². The lowest BCUT2D eigenvalue weighted by molar-refractivity contribution is -0.120. The van der Waals surface area contributed by atoms with Gasteiger partial charge in [-0.15, -0.1) is 0 Å². The first-order valence-corrected chi connectivity index (χ1v) is 5.89. The summed E-state index contributed by atoms with van der Waals surface area (Å²) in [5.74, 6) is -0.134. The molecule has 0 saturated carbocycles. The normalized spacial score (nSPS) is 10.1. The fourth-order valence-corrected chi connectivity index (χ4v) is 1.64. The van der Waals surface area contributed by atoms with Crippen molar-refractivity contribution >= 4 is 11.6 Å². The molecule has 0 aliphatic heterocycles. The van der Waals surface area contributed by atoms with Crippen LogP contribution in [0.4, 0.5) is 5.69 Å². The zero-order chi connectivity index (χ0) is 13.7. The highest BCUT2D eigenvalue weighted by Gasteiger charge is 2.05. The second-order valence-electron chi connectivity index (χ2n) is 4.17. The third-order valence-corrected chi connectivity index (χ3v) is 2.65. The van der Waals surface area contributed by atoms with Gasteiger partial charge in [0, 0.05) is 6.20 Å². The standard InChI is InChI=1S/C14H15N3O2/c15-12-5-4-10(7-13(12)18)8-14(19)17-9-11-3-1-2-6-16-11/h1-7,18H,8-9,15H2,(H,17,19). The van der Waals surface area contributed by atoms with Crippen LogP contribution in [0, 0.1) is 0 Å². The maximum absolute atomic E-state index is 11.7. The summed E-state index contributed by atoms with van der Waals surface area (Å²) in [5, 5.41) is 12.2. The molecular weight excluding hydrogens is 242 g/mol. The van der Waals surface area contributed by atoms with Crippen molar-refractivity contribution in [2.24, 2.45) is 0 Å². The summed E-state index contributed by atoms with van der Waals surface area (Å²) >= 11 is 0. The van der Waals surface area contributed by atoms with E-state index in [1.54, 1.807) is 18.3 Å². The van der Waals surface area contributed by atoms with Gasteiger partial charge < -0.3 is 16.2 Å². The first-order chi connectivity index (χ1) is 9.15. The summed E-state index contributed by atoms with van der Waals surface area (Å²) in [4.78, 5) is 15.8. The molecule has 98 valence electrons. The zero-order valence-electron chi connectivity index (χ0n) is 10.3. The zero-order valence-corrected chi connectivity index (χ0v) is 10.3. The number of hydrogen-bond acceptors (Lipinski definition) is 4. The Balaban J connectivity index is 1.89. The van der Waals surface area contributed by atoms with E-state index in [4.69, 9.17) is 5.73 Å². The summed E-state index contributed by atoms with van der Waals surface area (Å²) in [6.07, 6.45) is 1.88. The van der Waals surface area contributed by atoms with Crippen LogP contribution >= 0.6 is 0 Å². The molecule has 0 aliphatic carbocycles. The van der Waals surface area contributed by atoms with Gasteiger partial charge in [0.05, 0.1) is 24.3 Å². The Morgan fingerprint density at radius 1 is 1.32 bits per heavy atom. The van der Waals surface area contributed by atoms with Gasteiger partial charge in [-0.1, -0.05) is 12.1 Å². The number of aromatic hydroxyl groups is 1. The van der Waals surface area contributed by atoms with Crippen molar-refractivity contribution in [3.05, 3.63) is 53.9 Å². The van der Waals surface area contributed by atoms with Crippen molar-refractivity contribution in [2.45, 2.75) is 13.0 Å². The van der Waals surface area contributed by atoms with Gasteiger partial charge >= 0.3 is 0 Å². The van der Waals surface area contributed by atoms with Gasteiger partial charge in [0.25, 0.3) is 0 Å². The van der Waals surface area contributed by atoms with Crippen molar-refractivity contribution in [1.29, 1.82) is 0 Å². The number of nitrogens with one attached hydrogen (secondary N) is 1. The number of phenolic OH excluding ortho intramolecular Hbond substituents is 1. The van der Waals surface area contributed by atoms with Crippen LogP contribution in [0.15, 0.2) is 42.6 Å². The molecule has 1 heterocycles. The lowest BCUT2D eigenvalue weighted by Crippen LogP contribution is -2.24. The Kier molecular flexibility index (Phi) is 3.97. The van der Waals surface area contributed by atoms with E-state index in [1.807, 2.05) is 18.2 Å². The molecule has 2 aromatic rings. The quantitative estimate of drug-likeness (QED) is 0.567. The number of pyridine rings is 1. The summed E-state index contributed by atoms with van der Waals surface area (Å²) in [6, 6.07) is 10.3. The molecule has 0 aliphatic rings. The molecule has 0 fully saturated rings. The van der Waals surface area contributed by atoms with E-state index in [1.165, 1.54) is 6.07 Å². The van der Waals surface area contributed by atoms with Crippen molar-refractivity contribution in [1.82, 2.24) is 10.3 Å². The molecule has 2 rings (SSSR count).